The van der Waals surface area contributed by atoms with Crippen LogP contribution in [0.3, 0.4) is 0 Å². The summed E-state index contributed by atoms with van der Waals surface area (Å²) < 4.78 is 32.5. The standard InChI is InChI=1S/C26H33N3O5S/c1-26(2,3)18-12-13-22-21(16-18)29(35(4,32)33)17-23(34-22)24(30)27-20-11-7-6-10-19(20)25(31)28-14-8-5-9-15-28/h6-7,10-13,16,23H,5,8-9,14-15,17H2,1-4H3,(H,27,30). The first-order valence-electron chi connectivity index (χ1n) is 11.9. The number of sulfonamides is 1. The lowest BCUT2D eigenvalue weighted by Crippen LogP contribution is -2.48. The Morgan fingerprint density at radius 2 is 1.71 bits per heavy atom. The molecule has 2 amide bonds. The molecule has 2 aromatic rings. The van der Waals surface area contributed by atoms with Crippen LogP contribution in [0.5, 0.6) is 5.75 Å². The largest absolute Gasteiger partial charge is 0.476 e. The average molecular weight is 500 g/mol. The van der Waals surface area contributed by atoms with E-state index in [4.69, 9.17) is 4.74 Å². The van der Waals surface area contributed by atoms with Crippen LogP contribution in [0.15, 0.2) is 42.5 Å². The molecule has 1 fully saturated rings. The SMILES string of the molecule is CC(C)(C)c1ccc2c(c1)N(S(C)(=O)=O)CC(C(=O)Nc1ccccc1C(=O)N1CCCCC1)O2. The van der Waals surface area contributed by atoms with Gasteiger partial charge in [-0.25, -0.2) is 8.42 Å². The van der Waals surface area contributed by atoms with Crippen LogP contribution in [0, 0.1) is 0 Å². The molecule has 2 heterocycles. The van der Waals surface area contributed by atoms with Crippen LogP contribution in [0.4, 0.5) is 11.4 Å². The van der Waals surface area contributed by atoms with Crippen LogP contribution in [0.1, 0.15) is 56.0 Å². The van der Waals surface area contributed by atoms with Gasteiger partial charge >= 0.3 is 0 Å². The number of para-hydroxylation sites is 1. The van der Waals surface area contributed by atoms with Crippen molar-refractivity contribution < 1.29 is 22.7 Å². The van der Waals surface area contributed by atoms with Gasteiger partial charge in [0.15, 0.2) is 6.10 Å². The molecule has 0 bridgehead atoms. The average Bonchev–Trinajstić information content (AvgIpc) is 2.82. The zero-order chi connectivity index (χ0) is 25.4. The lowest BCUT2D eigenvalue weighted by molar-refractivity contribution is -0.122. The van der Waals surface area contributed by atoms with Crippen molar-refractivity contribution in [2.75, 3.05) is 35.5 Å². The van der Waals surface area contributed by atoms with Gasteiger partial charge in [0.25, 0.3) is 11.8 Å². The molecule has 1 saturated heterocycles. The number of amides is 2. The number of hydrogen-bond acceptors (Lipinski definition) is 5. The number of nitrogens with zero attached hydrogens (tertiary/aromatic N) is 2. The quantitative estimate of drug-likeness (QED) is 0.691. The van der Waals surface area contributed by atoms with Gasteiger partial charge in [-0.1, -0.05) is 39.0 Å². The molecule has 0 aromatic heterocycles. The van der Waals surface area contributed by atoms with Crippen LogP contribution >= 0.6 is 0 Å². The molecule has 9 heteroatoms. The molecule has 188 valence electrons. The van der Waals surface area contributed by atoms with E-state index in [9.17, 15) is 18.0 Å². The van der Waals surface area contributed by atoms with E-state index in [1.54, 1.807) is 41.3 Å². The maximum absolute atomic E-state index is 13.2. The number of benzene rings is 2. The van der Waals surface area contributed by atoms with Gasteiger partial charge in [-0.15, -0.1) is 0 Å². The van der Waals surface area contributed by atoms with E-state index in [-0.39, 0.29) is 17.9 Å². The van der Waals surface area contributed by atoms with Gasteiger partial charge in [-0.05, 0) is 54.5 Å². The maximum atomic E-state index is 13.2. The van der Waals surface area contributed by atoms with Crippen LogP contribution in [-0.2, 0) is 20.2 Å². The molecular weight excluding hydrogens is 466 g/mol. The van der Waals surface area contributed by atoms with Crippen molar-refractivity contribution in [1.29, 1.82) is 0 Å². The number of carbonyl (C=O) groups excluding carboxylic acids is 2. The van der Waals surface area contributed by atoms with Gasteiger partial charge in [0.05, 0.1) is 29.7 Å². The van der Waals surface area contributed by atoms with Gasteiger partial charge in [-0.3, -0.25) is 13.9 Å². The minimum Gasteiger partial charge on any atom is -0.476 e. The number of fused-ring (bicyclic) bond motifs is 1. The number of anilines is 2. The Hall–Kier alpha value is -3.07. The summed E-state index contributed by atoms with van der Waals surface area (Å²) in [6.45, 7) is 7.37. The van der Waals surface area contributed by atoms with E-state index in [0.717, 1.165) is 31.1 Å². The molecule has 0 spiro atoms. The molecule has 1 N–H and O–H groups in total. The number of ether oxygens (including phenoxy) is 1. The number of nitrogens with one attached hydrogen (secondary N) is 1. The van der Waals surface area contributed by atoms with E-state index in [1.807, 2.05) is 26.8 Å². The summed E-state index contributed by atoms with van der Waals surface area (Å²) in [6, 6.07) is 12.3. The molecule has 8 nitrogen and oxygen atoms in total. The highest BCUT2D eigenvalue weighted by Crippen LogP contribution is 2.38. The van der Waals surface area contributed by atoms with Gasteiger partial charge in [0.2, 0.25) is 10.0 Å². The summed E-state index contributed by atoms with van der Waals surface area (Å²) >= 11 is 0. The number of carbonyl (C=O) groups is 2. The van der Waals surface area contributed by atoms with Crippen molar-refractivity contribution in [1.82, 2.24) is 4.90 Å². The van der Waals surface area contributed by atoms with Crippen molar-refractivity contribution in [3.8, 4) is 5.75 Å². The molecule has 2 aliphatic rings. The van der Waals surface area contributed by atoms with E-state index < -0.39 is 22.0 Å². The van der Waals surface area contributed by atoms with Gasteiger partial charge in [-0.2, -0.15) is 0 Å². The molecule has 0 saturated carbocycles. The van der Waals surface area contributed by atoms with Crippen LogP contribution < -0.4 is 14.4 Å². The monoisotopic (exact) mass is 499 g/mol. The van der Waals surface area contributed by atoms with Gasteiger partial charge in [0, 0.05) is 13.1 Å². The second kappa shape index (κ2) is 9.53. The highest BCUT2D eigenvalue weighted by molar-refractivity contribution is 7.92. The van der Waals surface area contributed by atoms with Crippen molar-refractivity contribution in [2.45, 2.75) is 51.6 Å². The Morgan fingerprint density at radius 1 is 1.03 bits per heavy atom. The molecule has 35 heavy (non-hydrogen) atoms. The Bertz CT molecular complexity index is 1230. The Labute approximate surface area is 207 Å². The topological polar surface area (TPSA) is 96.0 Å². The summed E-state index contributed by atoms with van der Waals surface area (Å²) in [5.74, 6) is -0.307. The first-order valence-corrected chi connectivity index (χ1v) is 13.8. The summed E-state index contributed by atoms with van der Waals surface area (Å²) in [5.41, 5.74) is 1.99. The fraction of sp³-hybridized carbons (Fsp3) is 0.462. The summed E-state index contributed by atoms with van der Waals surface area (Å²) in [6.07, 6.45) is 3.09. The summed E-state index contributed by atoms with van der Waals surface area (Å²) in [5, 5.41) is 2.81. The maximum Gasteiger partial charge on any atom is 0.267 e. The van der Waals surface area contributed by atoms with Crippen molar-refractivity contribution >= 4 is 33.2 Å². The lowest BCUT2D eigenvalue weighted by Gasteiger charge is -2.35. The van der Waals surface area contributed by atoms with Crippen LogP contribution in [0.25, 0.3) is 0 Å². The third-order valence-electron chi connectivity index (χ3n) is 6.45. The van der Waals surface area contributed by atoms with Crippen molar-refractivity contribution in [2.24, 2.45) is 0 Å². The van der Waals surface area contributed by atoms with E-state index in [2.05, 4.69) is 5.32 Å². The normalized spacial score (nSPS) is 18.5. The molecule has 0 radical (unpaired) electrons. The number of piperidine rings is 1. The van der Waals surface area contributed by atoms with Crippen LogP contribution in [-0.4, -0.2) is 57.1 Å². The minimum absolute atomic E-state index is 0.122. The van der Waals surface area contributed by atoms with Crippen LogP contribution in [0.2, 0.25) is 0 Å². The molecule has 1 unspecified atom stereocenters. The van der Waals surface area contributed by atoms with Gasteiger partial charge < -0.3 is 15.0 Å². The first kappa shape index (κ1) is 25.0. The highest BCUT2D eigenvalue weighted by atomic mass is 32.2. The highest BCUT2D eigenvalue weighted by Gasteiger charge is 2.36. The fourth-order valence-electron chi connectivity index (χ4n) is 4.43. The minimum atomic E-state index is -3.66. The molecule has 1 atom stereocenters. The Balaban J connectivity index is 1.59. The van der Waals surface area contributed by atoms with Gasteiger partial charge in [0.1, 0.15) is 5.75 Å². The van der Waals surface area contributed by atoms with E-state index in [1.165, 1.54) is 4.31 Å². The number of likely N-dealkylation sites (tertiary alicyclic amines) is 1. The zero-order valence-corrected chi connectivity index (χ0v) is 21.5. The summed E-state index contributed by atoms with van der Waals surface area (Å²) in [7, 11) is -3.66. The molecule has 2 aromatic carbocycles. The predicted molar refractivity (Wildman–Crippen MR) is 137 cm³/mol. The van der Waals surface area contributed by atoms with Crippen molar-refractivity contribution in [3.05, 3.63) is 53.6 Å². The number of hydrogen-bond donors (Lipinski definition) is 1. The van der Waals surface area contributed by atoms with E-state index in [0.29, 0.717) is 35.8 Å². The predicted octanol–water partition coefficient (Wildman–Crippen LogP) is 3.78. The zero-order valence-electron chi connectivity index (χ0n) is 20.7. The first-order chi connectivity index (χ1) is 16.4. The van der Waals surface area contributed by atoms with E-state index >= 15 is 0 Å². The third kappa shape index (κ3) is 5.45. The van der Waals surface area contributed by atoms with Crippen molar-refractivity contribution in [3.63, 3.8) is 0 Å². The Kier molecular flexibility index (Phi) is 6.81. The molecule has 4 rings (SSSR count). The molecule has 2 aliphatic heterocycles. The Morgan fingerprint density at radius 3 is 2.37 bits per heavy atom. The lowest BCUT2D eigenvalue weighted by atomic mass is 9.86. The molecular formula is C26H33N3O5S. The summed E-state index contributed by atoms with van der Waals surface area (Å²) in [4.78, 5) is 28.1. The fourth-order valence-corrected chi connectivity index (χ4v) is 5.33. The smallest absolute Gasteiger partial charge is 0.267 e. The second-order valence-corrected chi connectivity index (χ2v) is 12.1. The number of rotatable bonds is 4. The second-order valence-electron chi connectivity index (χ2n) is 10.2. The molecule has 0 aliphatic carbocycles. The third-order valence-corrected chi connectivity index (χ3v) is 7.59.